The fourth-order valence-electron chi connectivity index (χ4n) is 3.05. The van der Waals surface area contributed by atoms with E-state index >= 15 is 0 Å². The number of amides is 1. The van der Waals surface area contributed by atoms with Crippen molar-refractivity contribution in [2.75, 3.05) is 14.2 Å². The van der Waals surface area contributed by atoms with Crippen molar-refractivity contribution in [2.24, 2.45) is 5.16 Å². The summed E-state index contributed by atoms with van der Waals surface area (Å²) in [5.74, 6) is 0.204. The minimum absolute atomic E-state index is 0.309. The second kappa shape index (κ2) is 9.45. The van der Waals surface area contributed by atoms with Crippen LogP contribution in [0.25, 0.3) is 5.69 Å². The molecule has 30 heavy (non-hydrogen) atoms. The molecule has 1 aliphatic carbocycles. The molecule has 8 heteroatoms. The summed E-state index contributed by atoms with van der Waals surface area (Å²) in [6.45, 7) is 3.93. The van der Waals surface area contributed by atoms with Gasteiger partial charge in [0.05, 0.1) is 28.4 Å². The maximum Gasteiger partial charge on any atom is 0.272 e. The summed E-state index contributed by atoms with van der Waals surface area (Å²) in [4.78, 5) is 18.3. The third-order valence-electron chi connectivity index (χ3n) is 4.52. The van der Waals surface area contributed by atoms with Crippen LogP contribution in [0, 0.1) is 13.8 Å². The summed E-state index contributed by atoms with van der Waals surface area (Å²) < 4.78 is 7.68. The molecular weight excluding hydrogens is 404 g/mol. The Hall–Kier alpha value is -3.32. The van der Waals surface area contributed by atoms with Crippen LogP contribution in [0.3, 0.4) is 0 Å². The average molecular weight is 427 g/mol. The largest absolute Gasteiger partial charge is 0.463 e. The number of aromatic nitrogens is 2. The van der Waals surface area contributed by atoms with Crippen molar-refractivity contribution in [1.29, 1.82) is 0 Å². The van der Waals surface area contributed by atoms with Gasteiger partial charge in [-0.15, -0.1) is 0 Å². The highest BCUT2D eigenvalue weighted by Gasteiger charge is 2.17. The van der Waals surface area contributed by atoms with Crippen molar-refractivity contribution < 1.29 is 14.4 Å². The van der Waals surface area contributed by atoms with Crippen LogP contribution in [0.15, 0.2) is 65.2 Å². The van der Waals surface area contributed by atoms with E-state index in [2.05, 4.69) is 15.1 Å². The van der Waals surface area contributed by atoms with Crippen molar-refractivity contribution in [3.63, 3.8) is 0 Å². The van der Waals surface area contributed by atoms with E-state index in [0.717, 1.165) is 28.9 Å². The van der Waals surface area contributed by atoms with E-state index in [1.807, 2.05) is 55.0 Å². The lowest BCUT2D eigenvalue weighted by molar-refractivity contribution is -0.120. The number of allylic oxidation sites excluding steroid dienone is 4. The van der Waals surface area contributed by atoms with Crippen molar-refractivity contribution in [3.8, 4) is 11.4 Å². The van der Waals surface area contributed by atoms with Crippen LogP contribution in [0.2, 0.25) is 5.02 Å². The van der Waals surface area contributed by atoms with Crippen molar-refractivity contribution in [3.05, 3.63) is 76.4 Å². The molecule has 0 radical (unpaired) electrons. The zero-order valence-corrected chi connectivity index (χ0v) is 18.1. The number of halogens is 1. The summed E-state index contributed by atoms with van der Waals surface area (Å²) in [5.41, 5.74) is 4.35. The molecule has 1 heterocycles. The number of carbonyl (C=O) groups excluding carboxylic acids is 1. The van der Waals surface area contributed by atoms with Crippen LogP contribution in [0.1, 0.15) is 17.8 Å². The monoisotopic (exact) mass is 426 g/mol. The molecule has 1 aliphatic rings. The fourth-order valence-corrected chi connectivity index (χ4v) is 3.27. The summed E-state index contributed by atoms with van der Waals surface area (Å²) in [5, 5.41) is 8.46. The van der Waals surface area contributed by atoms with Crippen LogP contribution in [0.4, 0.5) is 0 Å². The van der Waals surface area contributed by atoms with Crippen molar-refractivity contribution in [2.45, 2.75) is 20.3 Å². The number of carbonyl (C=O) groups is 1. The van der Waals surface area contributed by atoms with Crippen LogP contribution in [-0.2, 0) is 9.63 Å². The molecule has 1 aromatic carbocycles. The smallest absolute Gasteiger partial charge is 0.272 e. The Balaban J connectivity index is 1.79. The van der Waals surface area contributed by atoms with E-state index in [1.165, 1.54) is 12.0 Å². The van der Waals surface area contributed by atoms with Gasteiger partial charge in [-0.3, -0.25) is 4.79 Å². The minimum atomic E-state index is -0.309. The lowest BCUT2D eigenvalue weighted by Crippen LogP contribution is -2.28. The first kappa shape index (κ1) is 21.4. The van der Waals surface area contributed by atoms with E-state index in [9.17, 15) is 4.79 Å². The number of hydrogen-bond acceptors (Lipinski definition) is 5. The summed E-state index contributed by atoms with van der Waals surface area (Å²) in [7, 11) is 3.05. The first-order chi connectivity index (χ1) is 14.4. The summed E-state index contributed by atoms with van der Waals surface area (Å²) >= 11 is 6.44. The minimum Gasteiger partial charge on any atom is -0.463 e. The average Bonchev–Trinajstić information content (AvgIpc) is 3.08. The number of rotatable bonds is 6. The molecular formula is C22H23ClN4O3. The first-order valence-corrected chi connectivity index (χ1v) is 9.69. The lowest BCUT2D eigenvalue weighted by Gasteiger charge is -2.22. The molecule has 156 valence electrons. The Kier molecular flexibility index (Phi) is 6.74. The third-order valence-corrected chi connectivity index (χ3v) is 4.81. The highest BCUT2D eigenvalue weighted by molar-refractivity contribution is 6.32. The zero-order chi connectivity index (χ0) is 21.7. The molecule has 0 unspecified atom stereocenters. The number of benzene rings is 1. The normalized spacial score (nSPS) is 14.8. The SMILES string of the molecule is CON=CC(=O)N(C)C1=CC=CCC1=COc1ccc(-n2nc(C)cc2C)cc1Cl. The van der Waals surface area contributed by atoms with Gasteiger partial charge in [0.1, 0.15) is 19.1 Å². The molecule has 0 N–H and O–H groups in total. The molecule has 0 bridgehead atoms. The number of oxime groups is 1. The standard InChI is InChI=1S/C22H23ClN4O3/c1-15-11-16(2)27(25-15)18-9-10-21(19(23)12-18)30-14-17-7-5-6-8-20(17)26(3)22(28)13-24-29-4/h5-6,8-14H,7H2,1-4H3. The molecule has 0 spiro atoms. The van der Waals surface area contributed by atoms with Gasteiger partial charge in [0.15, 0.2) is 0 Å². The maximum atomic E-state index is 12.2. The van der Waals surface area contributed by atoms with E-state index in [4.69, 9.17) is 16.3 Å². The number of aryl methyl sites for hydroxylation is 2. The van der Waals surface area contributed by atoms with Crippen molar-refractivity contribution >= 4 is 23.7 Å². The molecule has 0 fully saturated rings. The second-order valence-electron chi connectivity index (χ2n) is 6.71. The van der Waals surface area contributed by atoms with E-state index in [0.29, 0.717) is 22.9 Å². The molecule has 7 nitrogen and oxygen atoms in total. The topological polar surface area (TPSA) is 68.9 Å². The van der Waals surface area contributed by atoms with Crippen LogP contribution in [0.5, 0.6) is 5.75 Å². The number of nitrogens with zero attached hydrogens (tertiary/aromatic N) is 4. The number of ether oxygens (including phenoxy) is 1. The number of hydrogen-bond donors (Lipinski definition) is 0. The summed E-state index contributed by atoms with van der Waals surface area (Å²) in [6.07, 6.45) is 9.05. The highest BCUT2D eigenvalue weighted by Crippen LogP contribution is 2.29. The molecule has 0 atom stereocenters. The van der Waals surface area contributed by atoms with Gasteiger partial charge in [0, 0.05) is 18.3 Å². The predicted octanol–water partition coefficient (Wildman–Crippen LogP) is 4.34. The number of likely N-dealkylation sites (N-methyl/N-ethyl adjacent to an activating group) is 1. The molecule has 0 saturated carbocycles. The van der Waals surface area contributed by atoms with Crippen LogP contribution >= 0.6 is 11.6 Å². The Morgan fingerprint density at radius 3 is 2.80 bits per heavy atom. The Labute approximate surface area is 180 Å². The maximum absolute atomic E-state index is 12.2. The Morgan fingerprint density at radius 2 is 2.13 bits per heavy atom. The van der Waals surface area contributed by atoms with Gasteiger partial charge in [-0.2, -0.15) is 5.10 Å². The first-order valence-electron chi connectivity index (χ1n) is 9.31. The molecule has 1 amide bonds. The lowest BCUT2D eigenvalue weighted by atomic mass is 10.0. The zero-order valence-electron chi connectivity index (χ0n) is 17.3. The molecule has 0 aliphatic heterocycles. The van der Waals surface area contributed by atoms with Crippen LogP contribution in [-0.4, -0.2) is 41.0 Å². The molecule has 2 aromatic rings. The highest BCUT2D eigenvalue weighted by atomic mass is 35.5. The van der Waals surface area contributed by atoms with Crippen molar-refractivity contribution in [1.82, 2.24) is 14.7 Å². The molecule has 3 rings (SSSR count). The fraction of sp³-hybridized carbons (Fsp3) is 0.227. The second-order valence-corrected chi connectivity index (χ2v) is 7.12. The Morgan fingerprint density at radius 1 is 1.33 bits per heavy atom. The quantitative estimate of drug-likeness (QED) is 0.391. The van der Waals surface area contributed by atoms with Gasteiger partial charge >= 0.3 is 0 Å². The molecule has 0 saturated heterocycles. The van der Waals surface area contributed by atoms with Gasteiger partial charge in [0.2, 0.25) is 0 Å². The summed E-state index contributed by atoms with van der Waals surface area (Å²) in [6, 6.07) is 7.51. The molecule has 1 aromatic heterocycles. The van der Waals surface area contributed by atoms with E-state index in [1.54, 1.807) is 19.4 Å². The van der Waals surface area contributed by atoms with E-state index in [-0.39, 0.29) is 5.91 Å². The van der Waals surface area contributed by atoms with Gasteiger partial charge in [-0.1, -0.05) is 28.9 Å². The van der Waals surface area contributed by atoms with Gasteiger partial charge in [-0.25, -0.2) is 4.68 Å². The van der Waals surface area contributed by atoms with Crippen LogP contribution < -0.4 is 4.74 Å². The van der Waals surface area contributed by atoms with Gasteiger partial charge in [0.25, 0.3) is 5.91 Å². The van der Waals surface area contributed by atoms with E-state index < -0.39 is 0 Å². The predicted molar refractivity (Wildman–Crippen MR) is 117 cm³/mol. The van der Waals surface area contributed by atoms with Gasteiger partial charge < -0.3 is 14.5 Å². The third kappa shape index (κ3) is 4.80. The van der Waals surface area contributed by atoms with Gasteiger partial charge in [-0.05, 0) is 50.6 Å². The Bertz CT molecular complexity index is 1070.